The minimum atomic E-state index is -0.601. The molecule has 0 fully saturated rings. The fraction of sp³-hybridized carbons (Fsp3) is 0.143. The van der Waals surface area contributed by atoms with Gasteiger partial charge in [-0.05, 0) is 60.4 Å². The van der Waals surface area contributed by atoms with Crippen LogP contribution in [0.3, 0.4) is 0 Å². The van der Waals surface area contributed by atoms with Crippen LogP contribution in [0, 0.1) is 29.7 Å². The maximum Gasteiger partial charge on any atom is 0.328 e. The van der Waals surface area contributed by atoms with Crippen LogP contribution >= 0.6 is 0 Å². The highest BCUT2D eigenvalue weighted by atomic mass is 16.5. The van der Waals surface area contributed by atoms with E-state index in [1.54, 1.807) is 0 Å². The maximum absolute atomic E-state index is 12.3. The van der Waals surface area contributed by atoms with Gasteiger partial charge >= 0.3 is 13.7 Å². The van der Waals surface area contributed by atoms with Crippen molar-refractivity contribution in [2.75, 3.05) is 13.2 Å². The molecule has 12 aromatic rings. The lowest BCUT2D eigenvalue weighted by molar-refractivity contribution is 0.256. The van der Waals surface area contributed by atoms with Crippen molar-refractivity contribution in [1.29, 1.82) is 5.26 Å². The second-order valence-electron chi connectivity index (χ2n) is 21.0. The Morgan fingerprint density at radius 3 is 1.33 bits per heavy atom. The molecule has 0 N–H and O–H groups in total. The molecule has 8 aromatic carbocycles. The van der Waals surface area contributed by atoms with Crippen molar-refractivity contribution in [3.8, 4) is 40.1 Å². The van der Waals surface area contributed by atoms with Gasteiger partial charge in [0.05, 0.1) is 30.5 Å². The predicted octanol–water partition coefficient (Wildman–Crippen LogP) is 12.0. The first kappa shape index (κ1) is 52.7. The van der Waals surface area contributed by atoms with Gasteiger partial charge in [-0.2, -0.15) is 5.26 Å². The van der Waals surface area contributed by atoms with Crippen LogP contribution in [0.5, 0.6) is 11.5 Å². The summed E-state index contributed by atoms with van der Waals surface area (Å²) in [5, 5.41) is 14.7. The van der Waals surface area contributed by atoms with Gasteiger partial charge in [-0.1, -0.05) is 232 Å². The minimum Gasteiger partial charge on any atom is -0.493 e. The first-order valence-electron chi connectivity index (χ1n) is 28.1. The zero-order chi connectivity index (χ0) is 56.1. The van der Waals surface area contributed by atoms with Gasteiger partial charge in [0.1, 0.15) is 34.2 Å². The monoisotopic (exact) mass is 1070 g/mol. The summed E-state index contributed by atoms with van der Waals surface area (Å²) < 4.78 is 31.6. The molecule has 12 heteroatoms. The topological polar surface area (TPSA) is 109 Å². The van der Waals surface area contributed by atoms with Gasteiger partial charge < -0.3 is 27.3 Å². The minimum absolute atomic E-state index is 0.142. The third-order valence-corrected chi connectivity index (χ3v) is 15.5. The molecule has 4 aromatic heterocycles. The normalized spacial score (nSPS) is 12.9. The molecule has 2 unspecified atom stereocenters. The van der Waals surface area contributed by atoms with E-state index >= 15 is 0 Å². The van der Waals surface area contributed by atoms with E-state index < -0.39 is 13.7 Å². The highest BCUT2D eigenvalue weighted by Crippen LogP contribution is 2.39. The molecular weight excluding hydrogens is 1010 g/mol. The number of rotatable bonds is 18. The quantitative estimate of drug-likeness (QED) is 0.0622. The van der Waals surface area contributed by atoms with Gasteiger partial charge in [0.2, 0.25) is 11.8 Å². The summed E-state index contributed by atoms with van der Waals surface area (Å²) in [7, 11) is 0. The van der Waals surface area contributed by atoms with E-state index in [-0.39, 0.29) is 23.1 Å². The maximum atomic E-state index is 12.3. The number of benzene rings is 8. The molecule has 0 saturated heterocycles. The lowest BCUT2D eigenvalue weighted by atomic mass is 9.50. The predicted molar refractivity (Wildman–Crippen MR) is 332 cm³/mol. The number of fused-ring (bicyclic) bond motifs is 3. The second kappa shape index (κ2) is 23.4. The number of aromatic nitrogens is 4. The van der Waals surface area contributed by atoms with E-state index in [0.29, 0.717) is 91.6 Å². The number of ether oxygens (including phenoxy) is 2. The van der Waals surface area contributed by atoms with Crippen molar-refractivity contribution in [1.82, 2.24) is 18.9 Å². The number of hydrogen-bond donors (Lipinski definition) is 0. The van der Waals surface area contributed by atoms with Crippen LogP contribution in [0.15, 0.2) is 227 Å². The van der Waals surface area contributed by atoms with Crippen LogP contribution in [-0.4, -0.2) is 45.8 Å². The fourth-order valence-corrected chi connectivity index (χ4v) is 11.0. The molecule has 82 heavy (non-hydrogen) atoms. The molecule has 12 rings (SSSR count). The van der Waals surface area contributed by atoms with Crippen molar-refractivity contribution in [3.05, 3.63) is 252 Å². The molecule has 2 atom stereocenters. The molecule has 0 aliphatic carbocycles. The smallest absolute Gasteiger partial charge is 0.328 e. The van der Waals surface area contributed by atoms with Gasteiger partial charge in [-0.25, -0.2) is 14.8 Å². The Morgan fingerprint density at radius 2 is 0.915 bits per heavy atom. The Hall–Kier alpha value is -10.0. The Morgan fingerprint density at radius 1 is 0.524 bits per heavy atom. The third-order valence-electron chi connectivity index (χ3n) is 15.5. The van der Waals surface area contributed by atoms with Gasteiger partial charge in [0.15, 0.2) is 11.2 Å². The molecule has 4 heterocycles. The van der Waals surface area contributed by atoms with Crippen molar-refractivity contribution in [2.45, 2.75) is 40.5 Å². The molecule has 0 radical (unpaired) electrons. The first-order chi connectivity index (χ1) is 40.3. The molecular formula is C70H58B2N6O4. The molecule has 0 saturated carbocycles. The van der Waals surface area contributed by atoms with Crippen molar-refractivity contribution < 1.29 is 18.3 Å². The summed E-state index contributed by atoms with van der Waals surface area (Å²) in [6.07, 6.45) is 1.90. The summed E-state index contributed by atoms with van der Waals surface area (Å²) in [5.74, 6) is 2.22. The van der Waals surface area contributed by atoms with E-state index in [2.05, 4.69) is 120 Å². The van der Waals surface area contributed by atoms with Crippen LogP contribution < -0.4 is 42.0 Å². The van der Waals surface area contributed by atoms with Crippen LogP contribution in [0.25, 0.3) is 71.6 Å². The Bertz CT molecular complexity index is 4030. The van der Waals surface area contributed by atoms with E-state index in [9.17, 15) is 11.8 Å². The summed E-state index contributed by atoms with van der Waals surface area (Å²) in [4.78, 5) is 14.9. The van der Waals surface area contributed by atoms with Crippen LogP contribution in [0.4, 0.5) is 0 Å². The molecule has 10 nitrogen and oxygen atoms in total. The Kier molecular flexibility index (Phi) is 15.0. The fourth-order valence-electron chi connectivity index (χ4n) is 11.0. The van der Waals surface area contributed by atoms with Crippen molar-refractivity contribution in [2.24, 2.45) is 11.8 Å². The molecule has 0 spiro atoms. The van der Waals surface area contributed by atoms with E-state index in [4.69, 9.17) is 28.3 Å². The number of para-hydroxylation sites is 4. The lowest BCUT2D eigenvalue weighted by Gasteiger charge is -2.24. The van der Waals surface area contributed by atoms with Gasteiger partial charge in [-0.15, -0.1) is 0 Å². The van der Waals surface area contributed by atoms with Crippen LogP contribution in [0.2, 0.25) is 0 Å². The zero-order valence-corrected chi connectivity index (χ0v) is 46.2. The van der Waals surface area contributed by atoms with Gasteiger partial charge in [0.25, 0.3) is 5.70 Å². The molecule has 0 aliphatic heterocycles. The summed E-state index contributed by atoms with van der Waals surface area (Å²) in [6.45, 7) is 18.1. The number of oxazole rings is 2. The summed E-state index contributed by atoms with van der Waals surface area (Å²) in [6, 6.07) is 75.8. The van der Waals surface area contributed by atoms with E-state index in [0.717, 1.165) is 45.8 Å². The molecule has 0 amide bonds. The van der Waals surface area contributed by atoms with Gasteiger partial charge in [0, 0.05) is 33.3 Å². The average molecular weight is 1070 g/mol. The SMILES string of the molecule is [C-]#[N+]/C(c1nc2ccccc2o1)=c1\c2c(-c3cccc(OCC(C)CC)c3)n(B(c3ccccc3)c3ccccc3)/c(=C(/C#N)c3nc4ccccc4o3)c2c(-c2cccc(OCC(C)CC)c2)n1B(c1ccccc1)c1ccccc1. The Labute approximate surface area is 477 Å². The Balaban J connectivity index is 1.42. The zero-order valence-electron chi connectivity index (χ0n) is 46.2. The number of hydrogen-bond acceptors (Lipinski definition) is 7. The number of nitrogens with zero attached hydrogens (tertiary/aromatic N) is 6. The van der Waals surface area contributed by atoms with Crippen LogP contribution in [-0.2, 0) is 0 Å². The lowest BCUT2D eigenvalue weighted by Crippen LogP contribution is -2.54. The standard InChI is InChI=1S/C70H58B2N6O4/c1-6-47(3)45-79-55-36-24-26-49(42-55)65-62-63(68(64(74-5)70-76-59-39-21-23-41-61(59)82-70)78(65)72(53-32-16-10-17-33-53)54-34-18-11-19-35-54)66(50-27-25-37-56(43-50)80-46-48(4)7-2)77(71(51-28-12-8-13-29-51)52-30-14-9-15-31-52)67(62)57(44-73)69-75-58-38-20-22-40-60(58)81-69/h8-43,47-48H,6-7,45-46H2,1-4H3/b67-57-,68-64+. The van der Waals surface area contributed by atoms with E-state index in [1.165, 1.54) is 0 Å². The van der Waals surface area contributed by atoms with Crippen molar-refractivity contribution in [3.63, 3.8) is 0 Å². The average Bonchev–Trinajstić information content (AvgIpc) is 2.26. The van der Waals surface area contributed by atoms with E-state index in [1.807, 2.05) is 146 Å². The number of nitriles is 1. The first-order valence-corrected chi connectivity index (χ1v) is 28.1. The molecule has 0 aliphatic rings. The second-order valence-corrected chi connectivity index (χ2v) is 21.0. The molecule has 0 bridgehead atoms. The van der Waals surface area contributed by atoms with Crippen molar-refractivity contribution >= 4 is 79.8 Å². The largest absolute Gasteiger partial charge is 0.493 e. The third kappa shape index (κ3) is 10.1. The highest BCUT2D eigenvalue weighted by Gasteiger charge is 2.38. The van der Waals surface area contributed by atoms with Crippen LogP contribution in [0.1, 0.15) is 52.3 Å². The van der Waals surface area contributed by atoms with Gasteiger partial charge in [-0.3, -0.25) is 0 Å². The summed E-state index contributed by atoms with van der Waals surface area (Å²) >= 11 is 0. The summed E-state index contributed by atoms with van der Waals surface area (Å²) in [5.41, 5.74) is 9.39. The molecule has 398 valence electrons. The highest BCUT2D eigenvalue weighted by molar-refractivity contribution is 6.85.